The number of Topliss-reactive ketones (excluding diaryl/α,β-unsaturated/α-hetero) is 1. The fraction of sp³-hybridized carbons (Fsp3) is 0.462. The van der Waals surface area contributed by atoms with Gasteiger partial charge >= 0.3 is 12.4 Å². The first-order valence-electron chi connectivity index (χ1n) is 12.2. The molecular weight excluding hydrogens is 564 g/mol. The Morgan fingerprint density at radius 2 is 1.50 bits per heavy atom. The smallest absolute Gasteiger partial charge is 0.368 e. The van der Waals surface area contributed by atoms with Crippen LogP contribution in [-0.2, 0) is 19.4 Å². The van der Waals surface area contributed by atoms with E-state index in [1.54, 1.807) is 13.8 Å². The molecule has 2 aromatic rings. The number of alkyl halides is 6. The third-order valence-electron chi connectivity index (χ3n) is 6.65. The summed E-state index contributed by atoms with van der Waals surface area (Å²) in [5, 5.41) is 1.95. The van der Waals surface area contributed by atoms with Crippen LogP contribution < -0.4 is 11.1 Å². The predicted octanol–water partition coefficient (Wildman–Crippen LogP) is 4.03. The zero-order valence-corrected chi connectivity index (χ0v) is 22.6. The van der Waals surface area contributed by atoms with Crippen LogP contribution in [0.1, 0.15) is 31.9 Å². The van der Waals surface area contributed by atoms with Gasteiger partial charge in [0.2, 0.25) is 5.91 Å². The summed E-state index contributed by atoms with van der Waals surface area (Å²) < 4.78 is 109. The highest BCUT2D eigenvalue weighted by molar-refractivity contribution is 7.90. The molecule has 4 atom stereocenters. The van der Waals surface area contributed by atoms with E-state index >= 15 is 0 Å². The molecule has 0 bridgehead atoms. The molecule has 1 unspecified atom stereocenters. The first kappa shape index (κ1) is 31.6. The first-order valence-corrected chi connectivity index (χ1v) is 14.1. The van der Waals surface area contributed by atoms with E-state index in [4.69, 9.17) is 5.73 Å². The number of rotatable bonds is 9. The predicted molar refractivity (Wildman–Crippen MR) is 135 cm³/mol. The molecule has 1 amide bonds. The normalized spacial score (nSPS) is 20.2. The molecule has 2 aromatic carbocycles. The summed E-state index contributed by atoms with van der Waals surface area (Å²) >= 11 is 0. The summed E-state index contributed by atoms with van der Waals surface area (Å²) in [5.74, 6) is -2.87. The fourth-order valence-corrected chi connectivity index (χ4v) is 5.52. The summed E-state index contributed by atoms with van der Waals surface area (Å²) in [6.07, 6.45) is -9.59. The van der Waals surface area contributed by atoms with Crippen molar-refractivity contribution >= 4 is 21.5 Å². The lowest BCUT2D eigenvalue weighted by atomic mass is 9.91. The minimum Gasteiger partial charge on any atom is -0.368 e. The second-order valence-corrected chi connectivity index (χ2v) is 12.2. The molecule has 40 heavy (non-hydrogen) atoms. The molecule has 0 spiro atoms. The zero-order valence-electron chi connectivity index (χ0n) is 21.8. The van der Waals surface area contributed by atoms with E-state index in [-0.39, 0.29) is 16.2 Å². The van der Waals surface area contributed by atoms with Gasteiger partial charge in [-0.25, -0.2) is 8.42 Å². The Bertz CT molecular complexity index is 1330. The highest BCUT2D eigenvalue weighted by Gasteiger charge is 2.59. The fourth-order valence-electron chi connectivity index (χ4n) is 4.89. The lowest BCUT2D eigenvalue weighted by Crippen LogP contribution is -2.62. The number of benzene rings is 2. The number of hydrogen-bond donors (Lipinski definition) is 2. The number of amides is 1. The number of nitrogens with one attached hydrogen (secondary N) is 1. The average molecular weight is 594 g/mol. The van der Waals surface area contributed by atoms with E-state index in [0.29, 0.717) is 11.1 Å². The van der Waals surface area contributed by atoms with Gasteiger partial charge in [-0.15, -0.1) is 0 Å². The van der Waals surface area contributed by atoms with Gasteiger partial charge in [-0.05, 0) is 41.2 Å². The van der Waals surface area contributed by atoms with Crippen LogP contribution in [0.25, 0.3) is 11.1 Å². The van der Waals surface area contributed by atoms with Crippen LogP contribution >= 0.6 is 0 Å². The first-order chi connectivity index (χ1) is 18.3. The minimum atomic E-state index is -5.21. The van der Waals surface area contributed by atoms with Crippen LogP contribution in [0, 0.1) is 5.92 Å². The molecule has 14 heteroatoms. The molecule has 1 heterocycles. The maximum absolute atomic E-state index is 14.7. The van der Waals surface area contributed by atoms with Crippen LogP contribution in [0.4, 0.5) is 26.3 Å². The molecule has 3 N–H and O–H groups in total. The van der Waals surface area contributed by atoms with Crippen molar-refractivity contribution in [2.45, 2.75) is 61.7 Å². The second kappa shape index (κ2) is 11.5. The molecule has 220 valence electrons. The van der Waals surface area contributed by atoms with Gasteiger partial charge < -0.3 is 5.73 Å². The van der Waals surface area contributed by atoms with Crippen molar-refractivity contribution in [2.24, 2.45) is 11.7 Å². The van der Waals surface area contributed by atoms with Gasteiger partial charge in [0.25, 0.3) is 0 Å². The summed E-state index contributed by atoms with van der Waals surface area (Å²) in [6.45, 7) is 2.30. The molecular formula is C26H29F6N3O4S. The monoisotopic (exact) mass is 593 g/mol. The number of halogens is 6. The lowest BCUT2D eigenvalue weighted by Gasteiger charge is -2.43. The van der Waals surface area contributed by atoms with Crippen LogP contribution in [0.5, 0.6) is 0 Å². The standard InChI is InChI=1S/C26H29F6N3O4S/c1-14(2)12-19(24(33)37)35(21-20(36)13-34-22(21)25(27,28)29)23(26(30,31)32)17-6-4-15(5-7-17)16-8-10-18(11-9-16)40(3,38)39/h4-11,14,19,21-23,34H,12-13H2,1-3H3,(H2,33,37)/t19-,21+,22?,23-/m0/s1. The van der Waals surface area contributed by atoms with Gasteiger partial charge in [0.1, 0.15) is 12.1 Å². The number of carbonyl (C=O) groups is 2. The molecule has 3 rings (SSSR count). The second-order valence-electron chi connectivity index (χ2n) is 10.2. The Labute approximate surface area is 227 Å². The Kier molecular flexibility index (Phi) is 9.06. The third-order valence-corrected chi connectivity index (χ3v) is 7.78. The summed E-state index contributed by atoms with van der Waals surface area (Å²) in [6, 6.07) is 0.648. The molecule has 0 aliphatic carbocycles. The van der Waals surface area contributed by atoms with E-state index in [1.165, 1.54) is 36.4 Å². The van der Waals surface area contributed by atoms with Gasteiger partial charge in [0.15, 0.2) is 15.6 Å². The third kappa shape index (κ3) is 7.02. The Morgan fingerprint density at radius 3 is 1.90 bits per heavy atom. The molecule has 0 radical (unpaired) electrons. The van der Waals surface area contributed by atoms with E-state index in [9.17, 15) is 44.3 Å². The topological polar surface area (TPSA) is 110 Å². The molecule has 1 fully saturated rings. The van der Waals surface area contributed by atoms with Crippen molar-refractivity contribution in [3.05, 3.63) is 54.1 Å². The number of nitrogens with zero attached hydrogens (tertiary/aromatic N) is 1. The van der Waals surface area contributed by atoms with Crippen LogP contribution in [0.15, 0.2) is 53.4 Å². The van der Waals surface area contributed by atoms with E-state index < -0.39 is 76.1 Å². The van der Waals surface area contributed by atoms with Crippen molar-refractivity contribution in [2.75, 3.05) is 12.8 Å². The quantitative estimate of drug-likeness (QED) is 0.425. The van der Waals surface area contributed by atoms with Crippen LogP contribution in [0.3, 0.4) is 0 Å². The number of hydrogen-bond acceptors (Lipinski definition) is 6. The summed E-state index contributed by atoms with van der Waals surface area (Å²) in [5.41, 5.74) is 5.82. The van der Waals surface area contributed by atoms with Crippen molar-refractivity contribution in [3.63, 3.8) is 0 Å². The number of ketones is 1. The Balaban J connectivity index is 2.15. The number of sulfone groups is 1. The van der Waals surface area contributed by atoms with Crippen LogP contribution in [-0.4, -0.2) is 68.3 Å². The van der Waals surface area contributed by atoms with Gasteiger partial charge in [-0.1, -0.05) is 50.2 Å². The number of primary amides is 1. The molecule has 1 aliphatic rings. The average Bonchev–Trinajstić information content (AvgIpc) is 3.21. The van der Waals surface area contributed by atoms with Gasteiger partial charge in [-0.2, -0.15) is 26.3 Å². The molecule has 0 aromatic heterocycles. The number of carbonyl (C=O) groups excluding carboxylic acids is 2. The van der Waals surface area contributed by atoms with Gasteiger partial charge in [0, 0.05) is 6.26 Å². The highest BCUT2D eigenvalue weighted by Crippen LogP contribution is 2.44. The Morgan fingerprint density at radius 1 is 1.00 bits per heavy atom. The van der Waals surface area contributed by atoms with Crippen molar-refractivity contribution in [3.8, 4) is 11.1 Å². The van der Waals surface area contributed by atoms with Crippen LogP contribution in [0.2, 0.25) is 0 Å². The van der Waals surface area contributed by atoms with E-state index in [1.807, 2.05) is 5.32 Å². The summed E-state index contributed by atoms with van der Waals surface area (Å²) in [7, 11) is -3.48. The van der Waals surface area contributed by atoms with Gasteiger partial charge in [0.05, 0.1) is 23.5 Å². The summed E-state index contributed by atoms with van der Waals surface area (Å²) in [4.78, 5) is 25.5. The largest absolute Gasteiger partial charge is 0.408 e. The highest BCUT2D eigenvalue weighted by atomic mass is 32.2. The molecule has 1 aliphatic heterocycles. The van der Waals surface area contributed by atoms with E-state index in [0.717, 1.165) is 18.4 Å². The van der Waals surface area contributed by atoms with Gasteiger partial charge in [-0.3, -0.25) is 19.8 Å². The molecule has 1 saturated heterocycles. The van der Waals surface area contributed by atoms with E-state index in [2.05, 4.69) is 0 Å². The zero-order chi connectivity index (χ0) is 30.2. The number of nitrogens with two attached hydrogens (primary N) is 1. The lowest BCUT2D eigenvalue weighted by molar-refractivity contribution is -0.214. The maximum Gasteiger partial charge on any atom is 0.408 e. The minimum absolute atomic E-state index is 0.0392. The van der Waals surface area contributed by atoms with Crippen molar-refractivity contribution in [1.29, 1.82) is 0 Å². The Hall–Kier alpha value is -2.97. The maximum atomic E-state index is 14.7. The molecule has 0 saturated carbocycles. The molecule has 7 nitrogen and oxygen atoms in total. The van der Waals surface area contributed by atoms with Crippen molar-refractivity contribution < 1.29 is 44.3 Å². The SMILES string of the molecule is CC(C)C[C@@H](C(N)=O)N([C@@H]1C(=O)CNC1C(F)(F)F)[C@@H](c1ccc(-c2ccc(S(C)(=O)=O)cc2)cc1)C(F)(F)F. The van der Waals surface area contributed by atoms with Crippen molar-refractivity contribution in [1.82, 2.24) is 10.2 Å².